The topological polar surface area (TPSA) is 67.6 Å². The molecular weight excluding hydrogens is 314 g/mol. The van der Waals surface area contributed by atoms with E-state index in [-0.39, 0.29) is 11.9 Å². The first kappa shape index (κ1) is 17.3. The van der Waals surface area contributed by atoms with Crippen molar-refractivity contribution >= 4 is 11.6 Å². The van der Waals surface area contributed by atoms with E-state index < -0.39 is 0 Å². The van der Waals surface area contributed by atoms with Crippen LogP contribution >= 0.6 is 0 Å². The third-order valence-corrected chi connectivity index (χ3v) is 4.68. The van der Waals surface area contributed by atoms with Crippen molar-refractivity contribution in [3.63, 3.8) is 0 Å². The molecule has 0 spiro atoms. The third-order valence-electron chi connectivity index (χ3n) is 4.68. The van der Waals surface area contributed by atoms with Crippen LogP contribution in [0, 0.1) is 0 Å². The molecule has 5 heteroatoms. The molecule has 0 aliphatic carbocycles. The zero-order valence-corrected chi connectivity index (χ0v) is 14.6. The normalized spacial score (nSPS) is 17.4. The summed E-state index contributed by atoms with van der Waals surface area (Å²) in [6, 6.07) is 16.2. The first-order chi connectivity index (χ1) is 12.2. The number of amides is 1. The van der Waals surface area contributed by atoms with Crippen molar-refractivity contribution in [2.45, 2.75) is 32.0 Å². The van der Waals surface area contributed by atoms with E-state index in [0.717, 1.165) is 42.9 Å². The fourth-order valence-corrected chi connectivity index (χ4v) is 3.40. The van der Waals surface area contributed by atoms with Gasteiger partial charge in [-0.1, -0.05) is 30.3 Å². The number of hydrogen-bond donors (Lipinski definition) is 2. The Kier molecular flexibility index (Phi) is 5.56. The SMILES string of the molecule is COc1ccccc1CNc1cccc(CN2CCC[C@@H]2C(N)=O)c1. The fourth-order valence-electron chi connectivity index (χ4n) is 3.40. The number of hydrogen-bond acceptors (Lipinski definition) is 4. The molecule has 2 aromatic rings. The molecule has 0 saturated carbocycles. The van der Waals surface area contributed by atoms with E-state index >= 15 is 0 Å². The number of rotatable bonds is 7. The van der Waals surface area contributed by atoms with Crippen molar-refractivity contribution in [2.24, 2.45) is 5.73 Å². The smallest absolute Gasteiger partial charge is 0.234 e. The maximum Gasteiger partial charge on any atom is 0.234 e. The molecule has 0 unspecified atom stereocenters. The van der Waals surface area contributed by atoms with Crippen molar-refractivity contribution in [2.75, 3.05) is 19.0 Å². The lowest BCUT2D eigenvalue weighted by molar-refractivity contribution is -0.122. The van der Waals surface area contributed by atoms with Gasteiger partial charge in [0.05, 0.1) is 13.2 Å². The highest BCUT2D eigenvalue weighted by molar-refractivity contribution is 5.80. The number of para-hydroxylation sites is 1. The molecule has 1 atom stereocenters. The van der Waals surface area contributed by atoms with E-state index in [9.17, 15) is 4.79 Å². The fraction of sp³-hybridized carbons (Fsp3) is 0.350. The van der Waals surface area contributed by atoms with E-state index in [0.29, 0.717) is 6.54 Å². The van der Waals surface area contributed by atoms with Gasteiger partial charge in [0.15, 0.2) is 0 Å². The molecule has 1 heterocycles. The molecule has 5 nitrogen and oxygen atoms in total. The Bertz CT molecular complexity index is 732. The van der Waals surface area contributed by atoms with Crippen LogP contribution in [0.3, 0.4) is 0 Å². The van der Waals surface area contributed by atoms with Gasteiger partial charge in [-0.15, -0.1) is 0 Å². The Morgan fingerprint density at radius 1 is 1.28 bits per heavy atom. The summed E-state index contributed by atoms with van der Waals surface area (Å²) in [4.78, 5) is 13.7. The van der Waals surface area contributed by atoms with Gasteiger partial charge in [-0.2, -0.15) is 0 Å². The van der Waals surface area contributed by atoms with Gasteiger partial charge in [-0.25, -0.2) is 0 Å². The van der Waals surface area contributed by atoms with Crippen LogP contribution in [0.15, 0.2) is 48.5 Å². The summed E-state index contributed by atoms with van der Waals surface area (Å²) in [6.07, 6.45) is 1.89. The number of benzene rings is 2. The van der Waals surface area contributed by atoms with Gasteiger partial charge in [-0.3, -0.25) is 9.69 Å². The maximum absolute atomic E-state index is 11.5. The number of primary amides is 1. The van der Waals surface area contributed by atoms with Crippen molar-refractivity contribution in [3.05, 3.63) is 59.7 Å². The van der Waals surface area contributed by atoms with Crippen molar-refractivity contribution in [1.82, 2.24) is 4.90 Å². The minimum absolute atomic E-state index is 0.134. The molecule has 2 aromatic carbocycles. The minimum atomic E-state index is -0.219. The molecule has 3 N–H and O–H groups in total. The average Bonchev–Trinajstić information content (AvgIpc) is 3.09. The number of carbonyl (C=O) groups is 1. The monoisotopic (exact) mass is 339 g/mol. The van der Waals surface area contributed by atoms with E-state index in [2.05, 4.69) is 34.5 Å². The van der Waals surface area contributed by atoms with Crippen LogP contribution in [0.4, 0.5) is 5.69 Å². The summed E-state index contributed by atoms with van der Waals surface area (Å²) in [6.45, 7) is 2.37. The number of anilines is 1. The molecule has 1 fully saturated rings. The van der Waals surface area contributed by atoms with Crippen LogP contribution in [0.25, 0.3) is 0 Å². The van der Waals surface area contributed by atoms with Crippen LogP contribution in [0.5, 0.6) is 5.75 Å². The van der Waals surface area contributed by atoms with E-state index in [1.807, 2.05) is 24.3 Å². The Morgan fingerprint density at radius 3 is 2.92 bits per heavy atom. The Labute approximate surface area is 148 Å². The lowest BCUT2D eigenvalue weighted by Gasteiger charge is -2.22. The van der Waals surface area contributed by atoms with Crippen molar-refractivity contribution < 1.29 is 9.53 Å². The Hall–Kier alpha value is -2.53. The van der Waals surface area contributed by atoms with Crippen LogP contribution < -0.4 is 15.8 Å². The molecule has 1 amide bonds. The zero-order chi connectivity index (χ0) is 17.6. The number of methoxy groups -OCH3 is 1. The van der Waals surface area contributed by atoms with E-state index in [4.69, 9.17) is 10.5 Å². The summed E-state index contributed by atoms with van der Waals surface area (Å²) in [5.74, 6) is 0.662. The number of nitrogens with one attached hydrogen (secondary N) is 1. The zero-order valence-electron chi connectivity index (χ0n) is 14.6. The van der Waals surface area contributed by atoms with Crippen LogP contribution in [-0.4, -0.2) is 30.5 Å². The first-order valence-corrected chi connectivity index (χ1v) is 8.65. The molecule has 1 saturated heterocycles. The van der Waals surface area contributed by atoms with Crippen LogP contribution in [0.1, 0.15) is 24.0 Å². The van der Waals surface area contributed by atoms with E-state index in [1.54, 1.807) is 7.11 Å². The van der Waals surface area contributed by atoms with Crippen LogP contribution in [0.2, 0.25) is 0 Å². The van der Waals surface area contributed by atoms with Crippen molar-refractivity contribution in [1.29, 1.82) is 0 Å². The highest BCUT2D eigenvalue weighted by Crippen LogP contribution is 2.22. The largest absolute Gasteiger partial charge is 0.496 e. The van der Waals surface area contributed by atoms with Gasteiger partial charge in [-0.05, 0) is 43.1 Å². The summed E-state index contributed by atoms with van der Waals surface area (Å²) in [5.41, 5.74) is 8.85. The molecule has 0 radical (unpaired) electrons. The van der Waals surface area contributed by atoms with Crippen molar-refractivity contribution in [3.8, 4) is 5.75 Å². The molecule has 132 valence electrons. The Morgan fingerprint density at radius 2 is 2.12 bits per heavy atom. The second-order valence-corrected chi connectivity index (χ2v) is 6.40. The summed E-state index contributed by atoms with van der Waals surface area (Å²) in [7, 11) is 1.69. The second kappa shape index (κ2) is 8.03. The third kappa shape index (κ3) is 4.31. The highest BCUT2D eigenvalue weighted by Gasteiger charge is 2.28. The van der Waals surface area contributed by atoms with Gasteiger partial charge >= 0.3 is 0 Å². The molecule has 1 aliphatic heterocycles. The molecular formula is C20H25N3O2. The standard InChI is InChI=1S/C20H25N3O2/c1-25-19-10-3-2-7-16(19)13-22-17-8-4-6-15(12-17)14-23-11-5-9-18(23)20(21)24/h2-4,6-8,10,12,18,22H,5,9,11,13-14H2,1H3,(H2,21,24)/t18-/m1/s1. The number of ether oxygens (including phenoxy) is 1. The highest BCUT2D eigenvalue weighted by atomic mass is 16.5. The summed E-state index contributed by atoms with van der Waals surface area (Å²) >= 11 is 0. The average molecular weight is 339 g/mol. The van der Waals surface area contributed by atoms with Gasteiger partial charge in [0.1, 0.15) is 5.75 Å². The second-order valence-electron chi connectivity index (χ2n) is 6.40. The van der Waals surface area contributed by atoms with Gasteiger partial charge < -0.3 is 15.8 Å². The molecule has 3 rings (SSSR count). The predicted molar refractivity (Wildman–Crippen MR) is 99.4 cm³/mol. The number of carbonyl (C=O) groups excluding carboxylic acids is 1. The first-order valence-electron chi connectivity index (χ1n) is 8.65. The molecule has 1 aliphatic rings. The molecule has 0 aromatic heterocycles. The maximum atomic E-state index is 11.5. The number of nitrogens with zero attached hydrogens (tertiary/aromatic N) is 1. The summed E-state index contributed by atoms with van der Waals surface area (Å²) < 4.78 is 5.39. The van der Waals surface area contributed by atoms with Gasteiger partial charge in [0.2, 0.25) is 5.91 Å². The van der Waals surface area contributed by atoms with Crippen LogP contribution in [-0.2, 0) is 17.9 Å². The van der Waals surface area contributed by atoms with E-state index in [1.165, 1.54) is 5.56 Å². The number of nitrogens with two attached hydrogens (primary N) is 1. The quantitative estimate of drug-likeness (QED) is 0.814. The predicted octanol–water partition coefficient (Wildman–Crippen LogP) is 2.76. The lowest BCUT2D eigenvalue weighted by Crippen LogP contribution is -2.39. The number of likely N-dealkylation sites (tertiary alicyclic amines) is 1. The van der Waals surface area contributed by atoms with Gasteiger partial charge in [0.25, 0.3) is 0 Å². The van der Waals surface area contributed by atoms with Gasteiger partial charge in [0, 0.05) is 24.3 Å². The molecule has 25 heavy (non-hydrogen) atoms. The minimum Gasteiger partial charge on any atom is -0.496 e. The lowest BCUT2D eigenvalue weighted by atomic mass is 10.1. The molecule has 0 bridgehead atoms. The Balaban J connectivity index is 1.64. The summed E-state index contributed by atoms with van der Waals surface area (Å²) in [5, 5.41) is 3.44.